The van der Waals surface area contributed by atoms with Crippen LogP contribution in [0.4, 0.5) is 4.79 Å². The fourth-order valence-corrected chi connectivity index (χ4v) is 3.62. The van der Waals surface area contributed by atoms with Crippen LogP contribution in [-0.4, -0.2) is 46.2 Å². The van der Waals surface area contributed by atoms with Crippen molar-refractivity contribution < 1.29 is 4.79 Å². The molecule has 0 aromatic carbocycles. The van der Waals surface area contributed by atoms with E-state index in [0.717, 1.165) is 30.1 Å². The van der Waals surface area contributed by atoms with E-state index in [4.69, 9.17) is 0 Å². The summed E-state index contributed by atoms with van der Waals surface area (Å²) in [6.07, 6.45) is 7.79. The predicted octanol–water partition coefficient (Wildman–Crippen LogP) is 2.20. The first-order chi connectivity index (χ1) is 10.8. The van der Waals surface area contributed by atoms with Gasteiger partial charge in [-0.05, 0) is 43.5 Å². The van der Waals surface area contributed by atoms with E-state index in [2.05, 4.69) is 15.2 Å². The summed E-state index contributed by atoms with van der Waals surface area (Å²) in [5, 5.41) is 3.16. The number of carbonyl (C=O) groups is 1. The van der Waals surface area contributed by atoms with Gasteiger partial charge in [-0.15, -0.1) is 0 Å². The molecule has 0 radical (unpaired) electrons. The molecule has 2 saturated heterocycles. The number of hydrogen-bond acceptors (Lipinski definition) is 3. The molecule has 0 spiro atoms. The molecular formula is C17H20N4O. The van der Waals surface area contributed by atoms with Crippen LogP contribution in [0.5, 0.6) is 0 Å². The molecule has 2 fully saturated rings. The van der Waals surface area contributed by atoms with E-state index in [1.807, 2.05) is 30.5 Å². The maximum Gasteiger partial charge on any atom is 0.325 e. The first kappa shape index (κ1) is 13.5. The number of hydrogen-bond donors (Lipinski definition) is 1. The lowest BCUT2D eigenvalue weighted by Crippen LogP contribution is -2.47. The molecule has 1 N–H and O–H groups in total. The van der Waals surface area contributed by atoms with Crippen LogP contribution in [0.15, 0.2) is 42.9 Å². The van der Waals surface area contributed by atoms with E-state index in [1.165, 1.54) is 19.5 Å². The summed E-state index contributed by atoms with van der Waals surface area (Å²) < 4.78 is 1.62. The highest BCUT2D eigenvalue weighted by Crippen LogP contribution is 2.26. The van der Waals surface area contributed by atoms with Gasteiger partial charge in [0.2, 0.25) is 0 Å². The molecule has 2 bridgehead atoms. The third kappa shape index (κ3) is 2.64. The molecule has 2 aliphatic rings. The van der Waals surface area contributed by atoms with Gasteiger partial charge in [-0.25, -0.2) is 4.79 Å². The number of rotatable bonds is 2. The number of piperidine rings is 1. The summed E-state index contributed by atoms with van der Waals surface area (Å²) in [5.74, 6) is 0.757. The van der Waals surface area contributed by atoms with Crippen molar-refractivity contribution in [1.29, 1.82) is 0 Å². The average Bonchev–Trinajstić information content (AvgIpc) is 3.15. The van der Waals surface area contributed by atoms with Crippen molar-refractivity contribution in [3.63, 3.8) is 0 Å². The smallest absolute Gasteiger partial charge is 0.325 e. The molecule has 0 aliphatic carbocycles. The first-order valence-corrected chi connectivity index (χ1v) is 7.90. The van der Waals surface area contributed by atoms with Gasteiger partial charge in [-0.1, -0.05) is 6.07 Å². The highest BCUT2D eigenvalue weighted by atomic mass is 16.2. The summed E-state index contributed by atoms with van der Waals surface area (Å²) in [6, 6.07) is 7.94. The summed E-state index contributed by atoms with van der Waals surface area (Å²) in [7, 11) is 0. The molecule has 3 atom stereocenters. The van der Waals surface area contributed by atoms with Crippen molar-refractivity contribution in [2.45, 2.75) is 18.9 Å². The van der Waals surface area contributed by atoms with E-state index in [1.54, 1.807) is 17.0 Å². The van der Waals surface area contributed by atoms with Crippen LogP contribution in [0.2, 0.25) is 0 Å². The number of nitrogens with zero attached hydrogens (tertiary/aromatic N) is 3. The van der Waals surface area contributed by atoms with Crippen LogP contribution in [-0.2, 0) is 0 Å². The van der Waals surface area contributed by atoms with Crippen molar-refractivity contribution in [2.75, 3.05) is 19.6 Å². The van der Waals surface area contributed by atoms with Gasteiger partial charge in [-0.3, -0.25) is 9.55 Å². The predicted molar refractivity (Wildman–Crippen MR) is 84.5 cm³/mol. The topological polar surface area (TPSA) is 50.2 Å². The van der Waals surface area contributed by atoms with Gasteiger partial charge in [-0.2, -0.15) is 0 Å². The van der Waals surface area contributed by atoms with Crippen molar-refractivity contribution in [3.8, 4) is 11.3 Å². The molecule has 114 valence electrons. The molecule has 4 rings (SSSR count). The lowest BCUT2D eigenvalue weighted by atomic mass is 9.97. The highest BCUT2D eigenvalue weighted by molar-refractivity contribution is 5.78. The second kappa shape index (κ2) is 5.57. The second-order valence-electron chi connectivity index (χ2n) is 6.32. The Morgan fingerprint density at radius 1 is 1.27 bits per heavy atom. The van der Waals surface area contributed by atoms with Gasteiger partial charge >= 0.3 is 6.03 Å². The van der Waals surface area contributed by atoms with E-state index >= 15 is 0 Å². The maximum absolute atomic E-state index is 12.4. The molecule has 5 nitrogen and oxygen atoms in total. The number of amides is 1. The number of nitrogens with one attached hydrogen (secondary N) is 1. The summed E-state index contributed by atoms with van der Waals surface area (Å²) in [6.45, 7) is 3.38. The Kier molecular flexibility index (Phi) is 3.42. The molecule has 2 aromatic rings. The van der Waals surface area contributed by atoms with E-state index in [0.29, 0.717) is 0 Å². The molecule has 22 heavy (non-hydrogen) atoms. The Labute approximate surface area is 130 Å². The zero-order valence-corrected chi connectivity index (χ0v) is 12.5. The van der Waals surface area contributed by atoms with Gasteiger partial charge in [0.1, 0.15) is 0 Å². The standard InChI is InChI=1S/C17H20N4O/c22-17(19-15-9-13-4-7-20(10-13)12-15)21-8-5-14(11-21)16-3-1-2-6-18-16/h1-3,5-6,8,11,13,15H,4,7,9-10,12H2,(H,19,22)/t13-,15-/m1/s1. The number of fused-ring (bicyclic) bond motifs is 2. The summed E-state index contributed by atoms with van der Waals surface area (Å²) in [5.41, 5.74) is 1.85. The summed E-state index contributed by atoms with van der Waals surface area (Å²) in [4.78, 5) is 19.2. The molecule has 2 aliphatic heterocycles. The van der Waals surface area contributed by atoms with Crippen LogP contribution in [0.1, 0.15) is 12.8 Å². The van der Waals surface area contributed by atoms with Gasteiger partial charge < -0.3 is 10.2 Å². The molecule has 0 saturated carbocycles. The van der Waals surface area contributed by atoms with E-state index < -0.39 is 0 Å². The van der Waals surface area contributed by atoms with Crippen molar-refractivity contribution in [1.82, 2.24) is 19.8 Å². The Morgan fingerprint density at radius 3 is 3.05 bits per heavy atom. The van der Waals surface area contributed by atoms with Crippen LogP contribution in [0.3, 0.4) is 0 Å². The third-order valence-corrected chi connectivity index (χ3v) is 4.68. The number of carbonyl (C=O) groups excluding carboxylic acids is 1. The minimum Gasteiger partial charge on any atom is -0.333 e. The maximum atomic E-state index is 12.4. The monoisotopic (exact) mass is 296 g/mol. The Hall–Kier alpha value is -2.14. The van der Waals surface area contributed by atoms with Crippen LogP contribution in [0, 0.1) is 5.92 Å². The van der Waals surface area contributed by atoms with E-state index in [-0.39, 0.29) is 12.1 Å². The van der Waals surface area contributed by atoms with Crippen LogP contribution >= 0.6 is 0 Å². The molecule has 2 aromatic heterocycles. The zero-order chi connectivity index (χ0) is 14.9. The zero-order valence-electron chi connectivity index (χ0n) is 12.5. The number of aromatic nitrogens is 2. The largest absolute Gasteiger partial charge is 0.333 e. The van der Waals surface area contributed by atoms with Gasteiger partial charge in [0.05, 0.1) is 5.69 Å². The van der Waals surface area contributed by atoms with Crippen LogP contribution < -0.4 is 5.32 Å². The van der Waals surface area contributed by atoms with Gasteiger partial charge in [0, 0.05) is 43.3 Å². The molecule has 1 unspecified atom stereocenters. The minimum absolute atomic E-state index is 0.0466. The lowest BCUT2D eigenvalue weighted by molar-refractivity contribution is 0.206. The molecular weight excluding hydrogens is 276 g/mol. The van der Waals surface area contributed by atoms with Gasteiger partial charge in [0.15, 0.2) is 0 Å². The summed E-state index contributed by atoms with van der Waals surface area (Å²) >= 11 is 0. The molecule has 4 heterocycles. The van der Waals surface area contributed by atoms with Crippen molar-refractivity contribution in [3.05, 3.63) is 42.9 Å². The molecule has 5 heteroatoms. The van der Waals surface area contributed by atoms with Crippen molar-refractivity contribution in [2.24, 2.45) is 5.92 Å². The fraction of sp³-hybridized carbons (Fsp3) is 0.412. The van der Waals surface area contributed by atoms with Crippen molar-refractivity contribution >= 4 is 6.03 Å². The Morgan fingerprint density at radius 2 is 2.23 bits per heavy atom. The third-order valence-electron chi connectivity index (χ3n) is 4.68. The SMILES string of the molecule is O=C(N[C@@H]1C[C@H]2CCN(C2)C1)n1ccc(-c2ccccn2)c1. The second-order valence-corrected chi connectivity index (χ2v) is 6.32. The Bertz CT molecular complexity index is 654. The normalized spacial score (nSPS) is 26.8. The highest BCUT2D eigenvalue weighted by Gasteiger charge is 2.32. The van der Waals surface area contributed by atoms with Gasteiger partial charge in [0.25, 0.3) is 0 Å². The quantitative estimate of drug-likeness (QED) is 0.924. The Balaban J connectivity index is 1.44. The molecule has 1 amide bonds. The number of pyridine rings is 1. The minimum atomic E-state index is -0.0466. The van der Waals surface area contributed by atoms with Crippen LogP contribution in [0.25, 0.3) is 11.3 Å². The van der Waals surface area contributed by atoms with E-state index in [9.17, 15) is 4.79 Å². The average molecular weight is 296 g/mol. The first-order valence-electron chi connectivity index (χ1n) is 7.90. The lowest BCUT2D eigenvalue weighted by Gasteiger charge is -2.30. The fourth-order valence-electron chi connectivity index (χ4n) is 3.62.